The number of hydrogen-bond acceptors (Lipinski definition) is 4. The van der Waals surface area contributed by atoms with E-state index in [1.165, 1.54) is 11.1 Å². The molecule has 2 aromatic rings. The minimum atomic E-state index is -1.11. The van der Waals surface area contributed by atoms with Gasteiger partial charge in [0.15, 0.2) is 0 Å². The van der Waals surface area contributed by atoms with Crippen LogP contribution in [0.2, 0.25) is 39.3 Å². The van der Waals surface area contributed by atoms with E-state index in [9.17, 15) is 10.2 Å². The zero-order valence-corrected chi connectivity index (χ0v) is 39.7. The van der Waals surface area contributed by atoms with Crippen LogP contribution in [0.5, 0.6) is 11.5 Å². The molecule has 5 nitrogen and oxygen atoms in total. The third-order valence-corrected chi connectivity index (χ3v) is 13.4. The van der Waals surface area contributed by atoms with Crippen LogP contribution in [0.1, 0.15) is 116 Å². The van der Waals surface area contributed by atoms with Crippen molar-refractivity contribution in [2.24, 2.45) is 0 Å². The molecule has 2 aromatic carbocycles. The molecule has 0 bridgehead atoms. The van der Waals surface area contributed by atoms with E-state index in [4.69, 9.17) is 4.65 Å². The van der Waals surface area contributed by atoms with Gasteiger partial charge in [-0.1, -0.05) is 163 Å². The molecule has 0 spiro atoms. The fraction of sp³-hybridized carbons (Fsp3) is 0.700. The van der Waals surface area contributed by atoms with Gasteiger partial charge in [0.2, 0.25) is 0 Å². The first-order chi connectivity index (χ1) is 20.7. The van der Waals surface area contributed by atoms with E-state index in [1.807, 2.05) is 0 Å². The van der Waals surface area contributed by atoms with Gasteiger partial charge in [-0.2, -0.15) is 0 Å². The number of hydrogen-bond donors (Lipinski definition) is 0. The molecule has 0 aliphatic carbocycles. The molecule has 0 saturated carbocycles. The molecule has 2 rings (SSSR count). The Kier molecular flexibility index (Phi) is 17.1. The predicted octanol–water partition coefficient (Wildman–Crippen LogP) is 9.62. The second-order valence-corrected chi connectivity index (χ2v) is 29.6. The Hall–Kier alpha value is -0.542. The summed E-state index contributed by atoms with van der Waals surface area (Å²) in [5.74, 6) is 0.253. The van der Waals surface area contributed by atoms with Crippen molar-refractivity contribution in [3.8, 4) is 11.5 Å². The standard InChI is InChI=1S/C34H56N2O2.C6H18NSi2.Y/c1-31(2,3)25-17-23(29(37)27(19-25)33(7,8)9)21-36(16-15-35(13)14)22-24-18-26(32(4,5)6)20-28(30(24)38)34(10,11)12;1-8(2,3)7-9(4,5)6;/h17-20,37-38H,15-16,21-22H2,1-14H3;1-6H3;/q;-1;+3/p-2. The van der Waals surface area contributed by atoms with Gasteiger partial charge in [0.25, 0.3) is 0 Å². The molecule has 0 amide bonds. The monoisotopic (exact) mass is 771 g/mol. The van der Waals surface area contributed by atoms with E-state index in [0.29, 0.717) is 13.1 Å². The maximum absolute atomic E-state index is 13.8. The summed E-state index contributed by atoms with van der Waals surface area (Å²) >= 11 is 0. The van der Waals surface area contributed by atoms with Gasteiger partial charge in [-0.3, -0.25) is 4.90 Å². The SMILES string of the molecule is CN(C)CCN(Cc1cc(C(C)(C)C)cc(C(C)(C)C)c1[O-])Cc1cc(C(C)(C)C)cc(C(C)(C)C)c1[O-].C[Si](C)(C)[N-][Si](C)(C)C.[Y+3]. The molecule has 0 aliphatic rings. The second kappa shape index (κ2) is 17.3. The van der Waals surface area contributed by atoms with Gasteiger partial charge >= 0.3 is 32.7 Å². The molecule has 0 N–H and O–H groups in total. The van der Waals surface area contributed by atoms with Gasteiger partial charge in [-0.25, -0.2) is 0 Å². The van der Waals surface area contributed by atoms with Crippen LogP contribution < -0.4 is 10.2 Å². The van der Waals surface area contributed by atoms with Crippen molar-refractivity contribution in [3.63, 3.8) is 0 Å². The third-order valence-electron chi connectivity index (χ3n) is 8.00. The molecule has 8 heteroatoms. The van der Waals surface area contributed by atoms with Gasteiger partial charge in [0.1, 0.15) is 0 Å². The minimum absolute atomic E-state index is 0. The molecule has 0 radical (unpaired) electrons. The van der Waals surface area contributed by atoms with E-state index in [-0.39, 0.29) is 65.9 Å². The first-order valence-electron chi connectivity index (χ1n) is 17.5. The van der Waals surface area contributed by atoms with Crippen LogP contribution in [0.4, 0.5) is 0 Å². The van der Waals surface area contributed by atoms with Crippen molar-refractivity contribution < 1.29 is 42.9 Å². The van der Waals surface area contributed by atoms with E-state index in [2.05, 4.69) is 171 Å². The van der Waals surface area contributed by atoms with Crippen LogP contribution in [0.25, 0.3) is 4.65 Å². The normalized spacial score (nSPS) is 13.4. The Morgan fingerprint density at radius 1 is 0.542 bits per heavy atom. The molecule has 0 aromatic heterocycles. The van der Waals surface area contributed by atoms with Gasteiger partial charge in [-0.05, 0) is 69.1 Å². The van der Waals surface area contributed by atoms with Crippen molar-refractivity contribution >= 4 is 16.5 Å². The molecular formula is C40H72N3O2Si2Y. The van der Waals surface area contributed by atoms with Crippen molar-refractivity contribution in [2.75, 3.05) is 27.2 Å². The molecule has 0 saturated heterocycles. The summed E-state index contributed by atoms with van der Waals surface area (Å²) in [7, 11) is 1.91. The van der Waals surface area contributed by atoms with Crippen molar-refractivity contribution in [3.05, 3.63) is 62.3 Å². The summed E-state index contributed by atoms with van der Waals surface area (Å²) in [6, 6.07) is 8.41. The largest absolute Gasteiger partial charge is 3.00 e. The molecule has 0 fully saturated rings. The number of benzene rings is 2. The fourth-order valence-corrected chi connectivity index (χ4v) is 13.7. The Balaban J connectivity index is 0.00000193. The van der Waals surface area contributed by atoms with Crippen molar-refractivity contribution in [1.82, 2.24) is 9.80 Å². The summed E-state index contributed by atoms with van der Waals surface area (Å²) in [6.45, 7) is 42.3. The molecule has 0 heterocycles. The van der Waals surface area contributed by atoms with Crippen LogP contribution in [-0.2, 0) is 67.5 Å². The van der Waals surface area contributed by atoms with E-state index in [1.54, 1.807) is 0 Å². The zero-order valence-electron chi connectivity index (χ0n) is 34.9. The molecule has 0 atom stereocenters. The Labute approximate surface area is 325 Å². The summed E-state index contributed by atoms with van der Waals surface area (Å²) in [4.78, 5) is 4.44. The zero-order chi connectivity index (χ0) is 37.1. The van der Waals surface area contributed by atoms with Crippen LogP contribution in [-0.4, -0.2) is 53.5 Å². The summed E-state index contributed by atoms with van der Waals surface area (Å²) in [5.41, 5.74) is 5.09. The van der Waals surface area contributed by atoms with Crippen molar-refractivity contribution in [2.45, 2.75) is 157 Å². The predicted molar refractivity (Wildman–Crippen MR) is 209 cm³/mol. The third kappa shape index (κ3) is 16.2. The van der Waals surface area contributed by atoms with E-state index < -0.39 is 16.5 Å². The Morgan fingerprint density at radius 3 is 1.06 bits per heavy atom. The van der Waals surface area contributed by atoms with Gasteiger partial charge in [0.05, 0.1) is 0 Å². The quantitative estimate of drug-likeness (QED) is 0.238. The van der Waals surface area contributed by atoms with Crippen LogP contribution in [0.15, 0.2) is 24.3 Å². The fourth-order valence-electron chi connectivity index (χ4n) is 5.64. The average Bonchev–Trinajstić information content (AvgIpc) is 2.79. The summed E-state index contributed by atoms with van der Waals surface area (Å²) in [5, 5.41) is 27.5. The summed E-state index contributed by atoms with van der Waals surface area (Å²) in [6.07, 6.45) is 0. The molecular weight excluding hydrogens is 700 g/mol. The number of nitrogens with zero attached hydrogens (tertiary/aromatic N) is 3. The van der Waals surface area contributed by atoms with Crippen LogP contribution in [0.3, 0.4) is 0 Å². The molecule has 0 aliphatic heterocycles. The first-order valence-corrected chi connectivity index (χ1v) is 24.4. The molecule has 0 unspecified atom stereocenters. The van der Waals surface area contributed by atoms with E-state index >= 15 is 0 Å². The Bertz CT molecular complexity index is 1220. The average molecular weight is 772 g/mol. The topological polar surface area (TPSA) is 66.7 Å². The van der Waals surface area contributed by atoms with E-state index in [0.717, 1.165) is 35.3 Å². The molecule has 270 valence electrons. The van der Waals surface area contributed by atoms with Crippen LogP contribution in [0, 0.1) is 0 Å². The van der Waals surface area contributed by atoms with Gasteiger partial charge < -0.3 is 19.8 Å². The van der Waals surface area contributed by atoms with Gasteiger partial charge in [0, 0.05) is 26.2 Å². The smallest absolute Gasteiger partial charge is 0.872 e. The van der Waals surface area contributed by atoms with Crippen LogP contribution >= 0.6 is 0 Å². The second-order valence-electron chi connectivity index (χ2n) is 20.0. The van der Waals surface area contributed by atoms with Crippen molar-refractivity contribution in [1.29, 1.82) is 0 Å². The maximum atomic E-state index is 13.8. The van der Waals surface area contributed by atoms with Gasteiger partial charge in [-0.15, -0.1) is 11.5 Å². The maximum Gasteiger partial charge on any atom is 3.00 e. The number of likely N-dealkylation sites (N-methyl/N-ethyl adjacent to an activating group) is 1. The minimum Gasteiger partial charge on any atom is -0.872 e. The Morgan fingerprint density at radius 2 is 0.854 bits per heavy atom. The molecule has 48 heavy (non-hydrogen) atoms. The number of rotatable bonds is 9. The first kappa shape index (κ1) is 47.5. The summed E-state index contributed by atoms with van der Waals surface area (Å²) < 4.78 is 4.82.